The second-order valence-corrected chi connectivity index (χ2v) is 7.41. The summed E-state index contributed by atoms with van der Waals surface area (Å²) in [5.74, 6) is -1.96. The lowest BCUT2D eigenvalue weighted by molar-refractivity contribution is -0.143. The number of benzene rings is 2. The summed E-state index contributed by atoms with van der Waals surface area (Å²) < 4.78 is 6.71. The molecule has 0 aliphatic carbocycles. The third-order valence-corrected chi connectivity index (χ3v) is 5.16. The first-order valence-electron chi connectivity index (χ1n) is 9.79. The van der Waals surface area contributed by atoms with Gasteiger partial charge < -0.3 is 9.30 Å². The molecule has 0 atom stereocenters. The number of amides is 4. The number of anilines is 1. The summed E-state index contributed by atoms with van der Waals surface area (Å²) >= 11 is 5.89. The largest absolute Gasteiger partial charge is 0.465 e. The van der Waals surface area contributed by atoms with Crippen LogP contribution in [0.3, 0.4) is 0 Å². The van der Waals surface area contributed by atoms with Crippen molar-refractivity contribution in [2.75, 3.05) is 11.5 Å². The SMILES string of the molecule is CCOC(=O)Cn1cc(/C=C2\C(=O)NC(=O)N(c3ccc(Cl)cc3)C2=O)c2ccccc21. The number of para-hydroxylation sites is 1. The van der Waals surface area contributed by atoms with Gasteiger partial charge in [0.05, 0.1) is 12.3 Å². The van der Waals surface area contributed by atoms with Crippen LogP contribution in [0.25, 0.3) is 17.0 Å². The molecule has 1 aromatic heterocycles. The molecule has 0 saturated carbocycles. The molecular formula is C23H18ClN3O5. The van der Waals surface area contributed by atoms with Crippen molar-refractivity contribution in [3.63, 3.8) is 0 Å². The van der Waals surface area contributed by atoms with E-state index in [-0.39, 0.29) is 24.4 Å². The smallest absolute Gasteiger partial charge is 0.335 e. The van der Waals surface area contributed by atoms with E-state index in [9.17, 15) is 19.2 Å². The van der Waals surface area contributed by atoms with Crippen molar-refractivity contribution in [2.24, 2.45) is 0 Å². The second-order valence-electron chi connectivity index (χ2n) is 6.97. The van der Waals surface area contributed by atoms with Gasteiger partial charge in [0.15, 0.2) is 0 Å². The molecule has 4 rings (SSSR count). The van der Waals surface area contributed by atoms with Crippen LogP contribution < -0.4 is 10.2 Å². The molecule has 0 bridgehead atoms. The number of rotatable bonds is 5. The van der Waals surface area contributed by atoms with Gasteiger partial charge in [-0.25, -0.2) is 9.69 Å². The average molecular weight is 452 g/mol. The van der Waals surface area contributed by atoms with E-state index in [4.69, 9.17) is 16.3 Å². The van der Waals surface area contributed by atoms with E-state index in [2.05, 4.69) is 5.32 Å². The number of halogens is 1. The number of nitrogens with zero attached hydrogens (tertiary/aromatic N) is 2. The highest BCUT2D eigenvalue weighted by Gasteiger charge is 2.37. The molecule has 1 fully saturated rings. The van der Waals surface area contributed by atoms with Gasteiger partial charge in [-0.2, -0.15) is 0 Å². The Labute approximate surface area is 188 Å². The van der Waals surface area contributed by atoms with Gasteiger partial charge in [-0.1, -0.05) is 29.8 Å². The van der Waals surface area contributed by atoms with Crippen molar-refractivity contribution < 1.29 is 23.9 Å². The van der Waals surface area contributed by atoms with E-state index >= 15 is 0 Å². The maximum atomic E-state index is 13.1. The van der Waals surface area contributed by atoms with Crippen LogP contribution in [0.15, 0.2) is 60.3 Å². The van der Waals surface area contributed by atoms with E-state index in [1.54, 1.807) is 29.8 Å². The Morgan fingerprint density at radius 3 is 2.53 bits per heavy atom. The molecule has 32 heavy (non-hydrogen) atoms. The average Bonchev–Trinajstić information content (AvgIpc) is 3.10. The van der Waals surface area contributed by atoms with E-state index in [1.807, 2.05) is 24.3 Å². The molecule has 4 amide bonds. The molecule has 3 aromatic rings. The summed E-state index contributed by atoms with van der Waals surface area (Å²) in [4.78, 5) is 50.8. The fourth-order valence-electron chi connectivity index (χ4n) is 3.50. The van der Waals surface area contributed by atoms with Crippen LogP contribution in [0.1, 0.15) is 12.5 Å². The third kappa shape index (κ3) is 4.00. The van der Waals surface area contributed by atoms with Crippen LogP contribution in [0, 0.1) is 0 Å². The molecule has 8 nitrogen and oxygen atoms in total. The summed E-state index contributed by atoms with van der Waals surface area (Å²) in [6.45, 7) is 1.97. The van der Waals surface area contributed by atoms with Crippen LogP contribution >= 0.6 is 11.6 Å². The number of hydrogen-bond acceptors (Lipinski definition) is 5. The molecule has 2 heterocycles. The van der Waals surface area contributed by atoms with Crippen molar-refractivity contribution in [3.05, 3.63) is 70.9 Å². The molecule has 0 radical (unpaired) electrons. The zero-order chi connectivity index (χ0) is 22.8. The number of urea groups is 1. The van der Waals surface area contributed by atoms with E-state index < -0.39 is 23.8 Å². The minimum atomic E-state index is -0.843. The first-order valence-corrected chi connectivity index (χ1v) is 10.2. The maximum Gasteiger partial charge on any atom is 0.335 e. The van der Waals surface area contributed by atoms with E-state index in [1.165, 1.54) is 18.2 Å². The fraction of sp³-hybridized carbons (Fsp3) is 0.130. The Morgan fingerprint density at radius 1 is 1.09 bits per heavy atom. The molecule has 1 aliphatic heterocycles. The van der Waals surface area contributed by atoms with E-state index in [0.717, 1.165) is 15.8 Å². The number of imide groups is 2. The van der Waals surface area contributed by atoms with Crippen molar-refractivity contribution in [3.8, 4) is 0 Å². The molecule has 0 spiro atoms. The standard InChI is InChI=1S/C23H18ClN3O5/c1-2-32-20(28)13-26-12-14(17-5-3-4-6-19(17)26)11-18-21(29)25-23(31)27(22(18)30)16-9-7-15(24)8-10-16/h3-12H,2,13H2,1H3,(H,25,29,31)/b18-11+. The highest BCUT2D eigenvalue weighted by atomic mass is 35.5. The first-order chi connectivity index (χ1) is 15.4. The number of fused-ring (bicyclic) bond motifs is 1. The minimum absolute atomic E-state index is 0.0208. The summed E-state index contributed by atoms with van der Waals surface area (Å²) in [6.07, 6.45) is 3.08. The maximum absolute atomic E-state index is 13.1. The molecule has 2 aromatic carbocycles. The van der Waals surface area contributed by atoms with Crippen LogP contribution in [0.5, 0.6) is 0 Å². The summed E-state index contributed by atoms with van der Waals surface area (Å²) in [5.41, 5.74) is 1.36. The number of ether oxygens (including phenoxy) is 1. The Bertz CT molecular complexity index is 1280. The second kappa shape index (κ2) is 8.68. The van der Waals surface area contributed by atoms with Crippen molar-refractivity contribution in [2.45, 2.75) is 13.5 Å². The van der Waals surface area contributed by atoms with Gasteiger partial charge in [-0.05, 0) is 43.3 Å². The van der Waals surface area contributed by atoms with Crippen molar-refractivity contribution in [1.29, 1.82) is 0 Å². The normalized spacial score (nSPS) is 15.4. The number of carbonyl (C=O) groups excluding carboxylic acids is 4. The van der Waals surface area contributed by atoms with Crippen LogP contribution in [0.4, 0.5) is 10.5 Å². The molecule has 162 valence electrons. The number of aromatic nitrogens is 1. The predicted octanol–water partition coefficient (Wildman–Crippen LogP) is 3.52. The molecule has 1 aliphatic rings. The van der Waals surface area contributed by atoms with Gasteiger partial charge in [-0.3, -0.25) is 19.7 Å². The number of hydrogen-bond donors (Lipinski definition) is 1. The Kier molecular flexibility index (Phi) is 5.79. The van der Waals surface area contributed by atoms with Crippen molar-refractivity contribution in [1.82, 2.24) is 9.88 Å². The van der Waals surface area contributed by atoms with Crippen LogP contribution in [0.2, 0.25) is 5.02 Å². The molecule has 9 heteroatoms. The van der Waals surface area contributed by atoms with Crippen LogP contribution in [-0.4, -0.2) is 35.0 Å². The molecular weight excluding hydrogens is 434 g/mol. The van der Waals surface area contributed by atoms with Gasteiger partial charge in [0.2, 0.25) is 0 Å². The molecule has 1 N–H and O–H groups in total. The molecule has 0 unspecified atom stereocenters. The Morgan fingerprint density at radius 2 is 1.81 bits per heavy atom. The fourth-order valence-corrected chi connectivity index (χ4v) is 3.63. The van der Waals surface area contributed by atoms with Gasteiger partial charge in [0.1, 0.15) is 12.1 Å². The number of barbiturate groups is 1. The van der Waals surface area contributed by atoms with Gasteiger partial charge in [0.25, 0.3) is 11.8 Å². The predicted molar refractivity (Wildman–Crippen MR) is 119 cm³/mol. The lowest BCUT2D eigenvalue weighted by atomic mass is 10.1. The first kappa shape index (κ1) is 21.3. The zero-order valence-corrected chi connectivity index (χ0v) is 17.8. The minimum Gasteiger partial charge on any atom is -0.465 e. The lowest BCUT2D eigenvalue weighted by Gasteiger charge is -2.26. The Balaban J connectivity index is 1.76. The third-order valence-electron chi connectivity index (χ3n) is 4.91. The van der Waals surface area contributed by atoms with Gasteiger partial charge >= 0.3 is 12.0 Å². The van der Waals surface area contributed by atoms with Gasteiger partial charge in [0, 0.05) is 27.7 Å². The van der Waals surface area contributed by atoms with E-state index in [0.29, 0.717) is 10.6 Å². The quantitative estimate of drug-likeness (QED) is 0.363. The monoisotopic (exact) mass is 451 g/mol. The summed E-state index contributed by atoms with van der Waals surface area (Å²) in [5, 5.41) is 3.37. The number of carbonyl (C=O) groups is 4. The zero-order valence-electron chi connectivity index (χ0n) is 17.0. The topological polar surface area (TPSA) is 97.7 Å². The highest BCUT2D eigenvalue weighted by Crippen LogP contribution is 2.27. The lowest BCUT2D eigenvalue weighted by Crippen LogP contribution is -2.54. The summed E-state index contributed by atoms with van der Waals surface area (Å²) in [7, 11) is 0. The Hall–Kier alpha value is -3.91. The van der Waals surface area contributed by atoms with Crippen LogP contribution in [-0.2, 0) is 25.7 Å². The number of nitrogens with one attached hydrogen (secondary N) is 1. The highest BCUT2D eigenvalue weighted by molar-refractivity contribution is 6.39. The number of esters is 1. The summed E-state index contributed by atoms with van der Waals surface area (Å²) in [6, 6.07) is 12.5. The molecule has 1 saturated heterocycles. The van der Waals surface area contributed by atoms with Gasteiger partial charge in [-0.15, -0.1) is 0 Å². The van der Waals surface area contributed by atoms with Crippen molar-refractivity contribution >= 4 is 58.1 Å².